The Balaban J connectivity index is 2.22. The van der Waals surface area contributed by atoms with Gasteiger partial charge in [0, 0.05) is 17.6 Å². The van der Waals surface area contributed by atoms with Crippen molar-refractivity contribution < 1.29 is 23.1 Å². The van der Waals surface area contributed by atoms with E-state index in [0.717, 1.165) is 17.0 Å². The zero-order valence-electron chi connectivity index (χ0n) is 11.5. The molecule has 0 spiro atoms. The molecule has 1 aromatic carbocycles. The van der Waals surface area contributed by atoms with E-state index in [4.69, 9.17) is 0 Å². The number of rotatable bonds is 5. The van der Waals surface area contributed by atoms with Crippen LogP contribution in [-0.2, 0) is 17.5 Å². The quantitative estimate of drug-likeness (QED) is 0.913. The smallest absolute Gasteiger partial charge is 0.416 e. The summed E-state index contributed by atoms with van der Waals surface area (Å²) < 4.78 is 37.7. The zero-order chi connectivity index (χ0) is 16.3. The molecule has 1 aromatic heterocycles. The standard InChI is InChI=1S/C14H13F3N2O2S/c1-19(7-11-6-18-8-22-11)12(13(20)21)9-2-4-10(5-3-9)14(15,16)17/h2-6,8,12H,7H2,1H3,(H,20,21). The molecule has 4 nitrogen and oxygen atoms in total. The van der Waals surface area contributed by atoms with Crippen LogP contribution in [0.15, 0.2) is 36.0 Å². The minimum atomic E-state index is -4.44. The third-order valence-electron chi connectivity index (χ3n) is 3.12. The van der Waals surface area contributed by atoms with Crippen LogP contribution in [0.4, 0.5) is 13.2 Å². The molecule has 0 aliphatic carbocycles. The maximum absolute atomic E-state index is 12.6. The topological polar surface area (TPSA) is 53.4 Å². The molecule has 0 saturated carbocycles. The largest absolute Gasteiger partial charge is 0.480 e. The summed E-state index contributed by atoms with van der Waals surface area (Å²) in [5, 5.41) is 9.38. The molecule has 2 aromatic rings. The highest BCUT2D eigenvalue weighted by molar-refractivity contribution is 7.09. The third kappa shape index (κ3) is 3.83. The lowest BCUT2D eigenvalue weighted by Crippen LogP contribution is -2.30. The molecular weight excluding hydrogens is 317 g/mol. The van der Waals surface area contributed by atoms with E-state index < -0.39 is 23.8 Å². The molecule has 118 valence electrons. The van der Waals surface area contributed by atoms with Crippen molar-refractivity contribution in [2.24, 2.45) is 0 Å². The van der Waals surface area contributed by atoms with Crippen LogP contribution < -0.4 is 0 Å². The van der Waals surface area contributed by atoms with Crippen molar-refractivity contribution in [1.82, 2.24) is 9.88 Å². The Kier molecular flexibility index (Phi) is 4.82. The Hall–Kier alpha value is -1.93. The highest BCUT2D eigenvalue weighted by Gasteiger charge is 2.31. The van der Waals surface area contributed by atoms with E-state index >= 15 is 0 Å². The average Bonchev–Trinajstić information content (AvgIpc) is 2.90. The molecule has 8 heteroatoms. The van der Waals surface area contributed by atoms with Crippen molar-refractivity contribution in [3.63, 3.8) is 0 Å². The number of benzene rings is 1. The van der Waals surface area contributed by atoms with Gasteiger partial charge < -0.3 is 5.11 Å². The van der Waals surface area contributed by atoms with Gasteiger partial charge in [-0.25, -0.2) is 0 Å². The third-order valence-corrected chi connectivity index (χ3v) is 3.88. The summed E-state index contributed by atoms with van der Waals surface area (Å²) in [5.74, 6) is -1.12. The van der Waals surface area contributed by atoms with Crippen LogP contribution in [0.25, 0.3) is 0 Å². The fourth-order valence-corrected chi connectivity index (χ4v) is 2.75. The molecule has 0 aliphatic rings. The fraction of sp³-hybridized carbons (Fsp3) is 0.286. The first-order valence-corrected chi connectivity index (χ1v) is 7.14. The number of carbonyl (C=O) groups is 1. The maximum Gasteiger partial charge on any atom is 0.416 e. The number of alkyl halides is 3. The summed E-state index contributed by atoms with van der Waals surface area (Å²) in [7, 11) is 1.61. The molecule has 1 heterocycles. The van der Waals surface area contributed by atoms with E-state index in [0.29, 0.717) is 12.1 Å². The molecule has 1 atom stereocenters. The van der Waals surface area contributed by atoms with Gasteiger partial charge in [-0.15, -0.1) is 11.3 Å². The van der Waals surface area contributed by atoms with Crippen LogP contribution in [0, 0.1) is 0 Å². The van der Waals surface area contributed by atoms with Crippen LogP contribution in [0.1, 0.15) is 22.0 Å². The van der Waals surface area contributed by atoms with Gasteiger partial charge in [0.25, 0.3) is 0 Å². The minimum Gasteiger partial charge on any atom is -0.480 e. The molecule has 0 aliphatic heterocycles. The summed E-state index contributed by atoms with van der Waals surface area (Å²) >= 11 is 1.39. The number of halogens is 3. The molecule has 0 amide bonds. The number of thiazole rings is 1. The number of hydrogen-bond acceptors (Lipinski definition) is 4. The predicted molar refractivity (Wildman–Crippen MR) is 75.4 cm³/mol. The van der Waals surface area contributed by atoms with Gasteiger partial charge in [-0.1, -0.05) is 12.1 Å². The SMILES string of the molecule is CN(Cc1cncs1)C(C(=O)O)c1ccc(C(F)(F)F)cc1. The zero-order valence-corrected chi connectivity index (χ0v) is 12.4. The lowest BCUT2D eigenvalue weighted by atomic mass is 10.0. The molecule has 22 heavy (non-hydrogen) atoms. The van der Waals surface area contributed by atoms with Gasteiger partial charge in [0.05, 0.1) is 11.1 Å². The molecular formula is C14H13F3N2O2S. The van der Waals surface area contributed by atoms with Crippen molar-refractivity contribution >= 4 is 17.3 Å². The van der Waals surface area contributed by atoms with Gasteiger partial charge in [-0.2, -0.15) is 13.2 Å². The van der Waals surface area contributed by atoms with Crippen molar-refractivity contribution in [3.8, 4) is 0 Å². The average molecular weight is 330 g/mol. The van der Waals surface area contributed by atoms with E-state index in [9.17, 15) is 23.1 Å². The highest BCUT2D eigenvalue weighted by Crippen LogP contribution is 2.31. The van der Waals surface area contributed by atoms with E-state index in [1.54, 1.807) is 23.7 Å². The maximum atomic E-state index is 12.6. The Morgan fingerprint density at radius 3 is 2.45 bits per heavy atom. The fourth-order valence-electron chi connectivity index (χ4n) is 2.10. The van der Waals surface area contributed by atoms with Crippen LogP contribution in [0.3, 0.4) is 0 Å². The molecule has 0 fully saturated rings. The van der Waals surface area contributed by atoms with Crippen LogP contribution >= 0.6 is 11.3 Å². The van der Waals surface area contributed by atoms with Crippen molar-refractivity contribution in [2.45, 2.75) is 18.8 Å². The minimum absolute atomic E-state index is 0.299. The molecule has 1 unspecified atom stereocenters. The number of hydrogen-bond donors (Lipinski definition) is 1. The van der Waals surface area contributed by atoms with Crippen LogP contribution in [-0.4, -0.2) is 28.0 Å². The van der Waals surface area contributed by atoms with E-state index in [2.05, 4.69) is 4.98 Å². The molecule has 0 bridgehead atoms. The van der Waals surface area contributed by atoms with Crippen molar-refractivity contribution in [3.05, 3.63) is 52.0 Å². The molecule has 2 rings (SSSR count). The Bertz CT molecular complexity index is 627. The van der Waals surface area contributed by atoms with Gasteiger partial charge in [-0.3, -0.25) is 14.7 Å². The normalized spacial score (nSPS) is 13.3. The van der Waals surface area contributed by atoms with Gasteiger partial charge in [0.1, 0.15) is 6.04 Å². The predicted octanol–water partition coefficient (Wildman–Crippen LogP) is 3.42. The van der Waals surface area contributed by atoms with Crippen LogP contribution in [0.5, 0.6) is 0 Å². The van der Waals surface area contributed by atoms with Crippen LogP contribution in [0.2, 0.25) is 0 Å². The number of aromatic nitrogens is 1. The van der Waals surface area contributed by atoms with Gasteiger partial charge in [-0.05, 0) is 24.7 Å². The van der Waals surface area contributed by atoms with E-state index in [1.165, 1.54) is 23.5 Å². The van der Waals surface area contributed by atoms with E-state index in [1.807, 2.05) is 0 Å². The highest BCUT2D eigenvalue weighted by atomic mass is 32.1. The first kappa shape index (κ1) is 16.4. The van der Waals surface area contributed by atoms with E-state index in [-0.39, 0.29) is 0 Å². The summed E-state index contributed by atoms with van der Waals surface area (Å²) in [6.45, 7) is 0.350. The van der Waals surface area contributed by atoms with Gasteiger partial charge >= 0.3 is 12.1 Å². The first-order valence-electron chi connectivity index (χ1n) is 6.26. The second-order valence-electron chi connectivity index (χ2n) is 4.74. The lowest BCUT2D eigenvalue weighted by Gasteiger charge is -2.24. The summed E-state index contributed by atoms with van der Waals surface area (Å²) in [6, 6.07) is 3.16. The molecule has 1 N–H and O–H groups in total. The van der Waals surface area contributed by atoms with Crippen molar-refractivity contribution in [1.29, 1.82) is 0 Å². The summed E-state index contributed by atoms with van der Waals surface area (Å²) in [6.07, 6.45) is -2.81. The summed E-state index contributed by atoms with van der Waals surface area (Å²) in [5.41, 5.74) is 1.13. The summed E-state index contributed by atoms with van der Waals surface area (Å²) in [4.78, 5) is 17.8. The number of carboxylic acids is 1. The lowest BCUT2D eigenvalue weighted by molar-refractivity contribution is -0.143. The Morgan fingerprint density at radius 2 is 2.00 bits per heavy atom. The van der Waals surface area contributed by atoms with Crippen molar-refractivity contribution in [2.75, 3.05) is 7.05 Å². The second-order valence-corrected chi connectivity index (χ2v) is 5.71. The number of carboxylic acid groups (broad SMARTS) is 1. The second kappa shape index (κ2) is 6.45. The van der Waals surface area contributed by atoms with Gasteiger partial charge in [0.2, 0.25) is 0 Å². The first-order chi connectivity index (χ1) is 10.3. The number of aliphatic carboxylic acids is 1. The van der Waals surface area contributed by atoms with Gasteiger partial charge in [0.15, 0.2) is 0 Å². The monoisotopic (exact) mass is 330 g/mol. The molecule has 0 saturated heterocycles. The number of likely N-dealkylation sites (N-methyl/N-ethyl adjacent to an activating group) is 1. The number of nitrogens with zero attached hydrogens (tertiary/aromatic N) is 2. The Morgan fingerprint density at radius 1 is 1.36 bits per heavy atom. The molecule has 0 radical (unpaired) electrons. The Labute approximate surface area is 128 Å².